The van der Waals surface area contributed by atoms with Crippen molar-refractivity contribution in [1.29, 1.82) is 0 Å². The van der Waals surface area contributed by atoms with Crippen LogP contribution in [0.2, 0.25) is 5.02 Å². The van der Waals surface area contributed by atoms with Crippen molar-refractivity contribution >= 4 is 28.5 Å². The fourth-order valence-electron chi connectivity index (χ4n) is 3.28. The Morgan fingerprint density at radius 2 is 2.07 bits per heavy atom. The lowest BCUT2D eigenvalue weighted by molar-refractivity contribution is 0.0921. The molecule has 154 valence electrons. The third kappa shape index (κ3) is 4.49. The first-order valence-corrected chi connectivity index (χ1v) is 10.1. The van der Waals surface area contributed by atoms with Gasteiger partial charge in [0.2, 0.25) is 0 Å². The maximum Gasteiger partial charge on any atom is 0.287 e. The van der Waals surface area contributed by atoms with E-state index in [0.717, 1.165) is 46.2 Å². The fraction of sp³-hybridized carbons (Fsp3) is 0.217. The fourth-order valence-corrected chi connectivity index (χ4v) is 3.40. The molecule has 0 bridgehead atoms. The number of fused-ring (bicyclic) bond motifs is 1. The number of imidazole rings is 1. The number of hydrogen-bond acceptors (Lipinski definition) is 4. The normalized spacial score (nSPS) is 11.0. The summed E-state index contributed by atoms with van der Waals surface area (Å²) in [6.45, 7) is 3.55. The average Bonchev–Trinajstić information content (AvgIpc) is 3.40. The molecule has 0 fully saturated rings. The molecule has 0 spiro atoms. The molecule has 4 aromatic rings. The summed E-state index contributed by atoms with van der Waals surface area (Å²) in [5.41, 5.74) is 2.92. The van der Waals surface area contributed by atoms with Crippen molar-refractivity contribution in [2.45, 2.75) is 26.4 Å². The molecular formula is C23H22ClN3O3. The van der Waals surface area contributed by atoms with Gasteiger partial charge in [-0.15, -0.1) is 0 Å². The quantitative estimate of drug-likeness (QED) is 0.405. The van der Waals surface area contributed by atoms with E-state index >= 15 is 0 Å². The van der Waals surface area contributed by atoms with Gasteiger partial charge in [0.05, 0.1) is 30.4 Å². The van der Waals surface area contributed by atoms with Crippen LogP contribution in [0.4, 0.5) is 0 Å². The number of nitrogens with zero attached hydrogens (tertiary/aromatic N) is 2. The monoisotopic (exact) mass is 423 g/mol. The van der Waals surface area contributed by atoms with Gasteiger partial charge in [-0.1, -0.05) is 23.7 Å². The lowest BCUT2D eigenvalue weighted by atomic mass is 10.2. The number of rotatable bonds is 8. The number of furan rings is 1. The van der Waals surface area contributed by atoms with Crippen LogP contribution in [0, 0.1) is 6.92 Å². The highest BCUT2D eigenvalue weighted by molar-refractivity contribution is 6.31. The van der Waals surface area contributed by atoms with Gasteiger partial charge in [-0.25, -0.2) is 4.98 Å². The van der Waals surface area contributed by atoms with Gasteiger partial charge in [-0.3, -0.25) is 4.79 Å². The number of benzene rings is 2. The van der Waals surface area contributed by atoms with Gasteiger partial charge in [0.25, 0.3) is 5.91 Å². The van der Waals surface area contributed by atoms with Crippen LogP contribution in [0.25, 0.3) is 11.0 Å². The summed E-state index contributed by atoms with van der Waals surface area (Å²) < 4.78 is 13.1. The van der Waals surface area contributed by atoms with Crippen molar-refractivity contribution in [2.75, 3.05) is 6.61 Å². The van der Waals surface area contributed by atoms with Crippen molar-refractivity contribution in [3.63, 3.8) is 0 Å². The van der Waals surface area contributed by atoms with E-state index < -0.39 is 0 Å². The van der Waals surface area contributed by atoms with Gasteiger partial charge in [0, 0.05) is 11.6 Å². The molecule has 0 aliphatic rings. The Hall–Kier alpha value is -3.25. The van der Waals surface area contributed by atoms with E-state index in [1.165, 1.54) is 6.26 Å². The molecule has 2 aromatic carbocycles. The predicted molar refractivity (Wildman–Crippen MR) is 116 cm³/mol. The smallest absolute Gasteiger partial charge is 0.287 e. The molecule has 0 unspecified atom stereocenters. The van der Waals surface area contributed by atoms with Crippen molar-refractivity contribution in [3.05, 3.63) is 83.0 Å². The number of aryl methyl sites for hydroxylation is 2. The zero-order valence-electron chi connectivity index (χ0n) is 16.6. The topological polar surface area (TPSA) is 69.3 Å². The molecule has 2 heterocycles. The molecule has 0 saturated carbocycles. The van der Waals surface area contributed by atoms with Gasteiger partial charge in [-0.2, -0.15) is 0 Å². The van der Waals surface area contributed by atoms with E-state index in [9.17, 15) is 4.79 Å². The van der Waals surface area contributed by atoms with E-state index in [-0.39, 0.29) is 11.7 Å². The van der Waals surface area contributed by atoms with E-state index in [2.05, 4.69) is 14.9 Å². The SMILES string of the molecule is Cc1cc(OCCCn2c(CNC(=O)c3ccco3)nc3ccccc32)ccc1Cl. The molecular weight excluding hydrogens is 402 g/mol. The van der Waals surface area contributed by atoms with Gasteiger partial charge in [0.15, 0.2) is 5.76 Å². The largest absolute Gasteiger partial charge is 0.494 e. The molecule has 0 aliphatic heterocycles. The van der Waals surface area contributed by atoms with Gasteiger partial charge in [-0.05, 0) is 61.4 Å². The van der Waals surface area contributed by atoms with E-state index in [1.807, 2.05) is 49.4 Å². The first-order valence-electron chi connectivity index (χ1n) is 9.76. The third-order valence-corrected chi connectivity index (χ3v) is 5.23. The summed E-state index contributed by atoms with van der Waals surface area (Å²) in [6.07, 6.45) is 2.27. The van der Waals surface area contributed by atoms with Crippen LogP contribution in [0.3, 0.4) is 0 Å². The number of hydrogen-bond donors (Lipinski definition) is 1. The minimum atomic E-state index is -0.264. The summed E-state index contributed by atoms with van der Waals surface area (Å²) >= 11 is 6.07. The minimum absolute atomic E-state index is 0.264. The van der Waals surface area contributed by atoms with Crippen LogP contribution in [0.5, 0.6) is 5.75 Å². The molecule has 0 radical (unpaired) electrons. The first-order chi connectivity index (χ1) is 14.6. The average molecular weight is 424 g/mol. The molecule has 0 aliphatic carbocycles. The highest BCUT2D eigenvalue weighted by Gasteiger charge is 2.13. The number of carbonyl (C=O) groups excluding carboxylic acids is 1. The number of ether oxygens (including phenoxy) is 1. The summed E-state index contributed by atoms with van der Waals surface area (Å²) in [7, 11) is 0. The zero-order valence-corrected chi connectivity index (χ0v) is 17.4. The van der Waals surface area contributed by atoms with Crippen molar-refractivity contribution in [1.82, 2.24) is 14.9 Å². The molecule has 0 atom stereocenters. The second kappa shape index (κ2) is 9.05. The van der Waals surface area contributed by atoms with Crippen LogP contribution >= 0.6 is 11.6 Å². The predicted octanol–water partition coefficient (Wildman–Crippen LogP) is 4.99. The Morgan fingerprint density at radius 1 is 1.20 bits per heavy atom. The Morgan fingerprint density at radius 3 is 2.87 bits per heavy atom. The maximum absolute atomic E-state index is 12.2. The highest BCUT2D eigenvalue weighted by Crippen LogP contribution is 2.21. The molecule has 1 N–H and O–H groups in total. The number of nitrogens with one attached hydrogen (secondary N) is 1. The minimum Gasteiger partial charge on any atom is -0.494 e. The van der Waals surface area contributed by atoms with Gasteiger partial charge in [0.1, 0.15) is 11.6 Å². The number of halogens is 1. The van der Waals surface area contributed by atoms with Crippen molar-refractivity contribution in [3.8, 4) is 5.75 Å². The van der Waals surface area contributed by atoms with Gasteiger partial charge < -0.3 is 19.0 Å². The molecule has 6 nitrogen and oxygen atoms in total. The van der Waals surface area contributed by atoms with E-state index in [0.29, 0.717) is 13.2 Å². The van der Waals surface area contributed by atoms with Crippen molar-refractivity contribution < 1.29 is 13.9 Å². The highest BCUT2D eigenvalue weighted by atomic mass is 35.5. The molecule has 7 heteroatoms. The Bertz CT molecular complexity index is 1150. The first kappa shape index (κ1) is 20.0. The zero-order chi connectivity index (χ0) is 20.9. The maximum atomic E-state index is 12.2. The standard InChI is InChI=1S/C23H22ClN3O3/c1-16-14-17(9-10-18(16)24)29-13-5-11-27-20-7-3-2-6-19(20)26-22(27)15-25-23(28)21-8-4-12-30-21/h2-4,6-10,12,14H,5,11,13,15H2,1H3,(H,25,28). The summed E-state index contributed by atoms with van der Waals surface area (Å²) in [5, 5.41) is 3.60. The van der Waals surface area contributed by atoms with Crippen LogP contribution in [0.1, 0.15) is 28.4 Å². The lowest BCUT2D eigenvalue weighted by Crippen LogP contribution is -2.24. The summed E-state index contributed by atoms with van der Waals surface area (Å²) in [4.78, 5) is 16.9. The van der Waals surface area contributed by atoms with E-state index in [4.69, 9.17) is 20.8 Å². The Kier molecular flexibility index (Phi) is 6.05. The van der Waals surface area contributed by atoms with E-state index in [1.54, 1.807) is 12.1 Å². The number of amides is 1. The van der Waals surface area contributed by atoms with Crippen LogP contribution < -0.4 is 10.1 Å². The second-order valence-corrected chi connectivity index (χ2v) is 7.35. The Labute approximate surface area is 179 Å². The lowest BCUT2D eigenvalue weighted by Gasteiger charge is -2.11. The third-order valence-electron chi connectivity index (χ3n) is 4.81. The van der Waals surface area contributed by atoms with Crippen LogP contribution in [-0.2, 0) is 13.1 Å². The Balaban J connectivity index is 1.42. The number of aromatic nitrogens is 2. The molecule has 1 amide bonds. The molecule has 0 saturated heterocycles. The van der Waals surface area contributed by atoms with Crippen molar-refractivity contribution in [2.24, 2.45) is 0 Å². The summed E-state index contributed by atoms with van der Waals surface area (Å²) in [5.74, 6) is 1.61. The number of carbonyl (C=O) groups is 1. The second-order valence-electron chi connectivity index (χ2n) is 6.94. The van der Waals surface area contributed by atoms with Crippen LogP contribution in [0.15, 0.2) is 65.3 Å². The van der Waals surface area contributed by atoms with Crippen LogP contribution in [-0.4, -0.2) is 22.1 Å². The number of para-hydroxylation sites is 2. The van der Waals surface area contributed by atoms with Gasteiger partial charge >= 0.3 is 0 Å². The molecule has 30 heavy (non-hydrogen) atoms. The molecule has 2 aromatic heterocycles. The summed E-state index contributed by atoms with van der Waals surface area (Å²) in [6, 6.07) is 16.9. The molecule has 4 rings (SSSR count).